The Morgan fingerprint density at radius 3 is 2.44 bits per heavy atom. The molecule has 4 rings (SSSR count). The number of aromatic nitrogens is 1. The highest BCUT2D eigenvalue weighted by Crippen LogP contribution is 2.38. The van der Waals surface area contributed by atoms with Gasteiger partial charge < -0.3 is 14.2 Å². The Hall–Kier alpha value is -3.67. The van der Waals surface area contributed by atoms with Crippen molar-refractivity contribution in [2.24, 2.45) is 5.41 Å². The molecular formula is C28H29NO5. The van der Waals surface area contributed by atoms with Gasteiger partial charge in [-0.05, 0) is 53.8 Å². The van der Waals surface area contributed by atoms with Crippen LogP contribution in [-0.4, -0.2) is 37.6 Å². The molecule has 6 nitrogen and oxygen atoms in total. The quantitative estimate of drug-likeness (QED) is 0.453. The van der Waals surface area contributed by atoms with Gasteiger partial charge in [-0.3, -0.25) is 4.79 Å². The number of Topliss-reactive ketones (excluding diaryl/α,β-unsaturated/α-hetero) is 1. The molecule has 1 aromatic heterocycles. The van der Waals surface area contributed by atoms with Crippen molar-refractivity contribution in [2.75, 3.05) is 20.8 Å². The predicted octanol–water partition coefficient (Wildman–Crippen LogP) is 5.51. The lowest BCUT2D eigenvalue weighted by molar-refractivity contribution is -0.129. The van der Waals surface area contributed by atoms with Gasteiger partial charge in [0.15, 0.2) is 23.9 Å². The lowest BCUT2D eigenvalue weighted by atomic mass is 9.91. The van der Waals surface area contributed by atoms with E-state index in [2.05, 4.69) is 6.08 Å². The minimum absolute atomic E-state index is 0.120. The monoisotopic (exact) mass is 459 g/mol. The van der Waals surface area contributed by atoms with Crippen molar-refractivity contribution in [1.29, 1.82) is 0 Å². The van der Waals surface area contributed by atoms with Crippen molar-refractivity contribution in [3.8, 4) is 11.5 Å². The standard InChI is InChI=1S/C28H29NO5/c1-28(2,3)24(30)16-34-27(31)25-19-8-6-7-9-21(19)29-26-18(11-12-20(25)26)14-17-10-13-22(32-4)23(15-17)33-5/h6-10,13-15H,11-12,16H2,1-5H3. The van der Waals surface area contributed by atoms with E-state index in [0.29, 0.717) is 23.5 Å². The maximum absolute atomic E-state index is 13.2. The van der Waals surface area contributed by atoms with E-state index >= 15 is 0 Å². The molecule has 0 N–H and O–H groups in total. The maximum Gasteiger partial charge on any atom is 0.339 e. The Kier molecular flexibility index (Phi) is 6.42. The van der Waals surface area contributed by atoms with E-state index in [0.717, 1.165) is 39.7 Å². The highest BCUT2D eigenvalue weighted by atomic mass is 16.5. The van der Waals surface area contributed by atoms with Gasteiger partial charge in [-0.1, -0.05) is 45.0 Å². The summed E-state index contributed by atoms with van der Waals surface area (Å²) in [6.45, 7) is 5.19. The van der Waals surface area contributed by atoms with E-state index in [-0.39, 0.29) is 12.4 Å². The minimum Gasteiger partial charge on any atom is -0.493 e. The molecule has 6 heteroatoms. The number of para-hydroxylation sites is 1. The van der Waals surface area contributed by atoms with E-state index in [1.807, 2.05) is 63.2 Å². The number of carbonyl (C=O) groups excluding carboxylic acids is 2. The van der Waals surface area contributed by atoms with Gasteiger partial charge in [0.25, 0.3) is 0 Å². The van der Waals surface area contributed by atoms with E-state index in [4.69, 9.17) is 19.2 Å². The number of hydrogen-bond donors (Lipinski definition) is 0. The van der Waals surface area contributed by atoms with Crippen LogP contribution in [0.4, 0.5) is 0 Å². The molecule has 0 bridgehead atoms. The van der Waals surface area contributed by atoms with Crippen molar-refractivity contribution in [1.82, 2.24) is 4.98 Å². The molecule has 0 aliphatic heterocycles. The Balaban J connectivity index is 1.75. The third-order valence-electron chi connectivity index (χ3n) is 6.07. The smallest absolute Gasteiger partial charge is 0.339 e. The van der Waals surface area contributed by atoms with Crippen LogP contribution >= 0.6 is 0 Å². The largest absolute Gasteiger partial charge is 0.493 e. The molecule has 0 atom stereocenters. The van der Waals surface area contributed by atoms with Crippen LogP contribution in [0, 0.1) is 5.41 Å². The summed E-state index contributed by atoms with van der Waals surface area (Å²) < 4.78 is 16.3. The zero-order chi connectivity index (χ0) is 24.5. The van der Waals surface area contributed by atoms with Crippen molar-refractivity contribution in [3.63, 3.8) is 0 Å². The second-order valence-corrected chi connectivity index (χ2v) is 9.36. The van der Waals surface area contributed by atoms with Crippen LogP contribution in [0.15, 0.2) is 42.5 Å². The zero-order valence-corrected chi connectivity index (χ0v) is 20.2. The number of nitrogens with zero attached hydrogens (tertiary/aromatic N) is 1. The number of esters is 1. The molecule has 0 saturated heterocycles. The number of allylic oxidation sites excluding steroid dienone is 1. The fraction of sp³-hybridized carbons (Fsp3) is 0.321. The van der Waals surface area contributed by atoms with Crippen LogP contribution < -0.4 is 9.47 Å². The Labute approximate surface area is 199 Å². The molecule has 0 radical (unpaired) electrons. The normalized spacial score (nSPS) is 14.2. The highest BCUT2D eigenvalue weighted by molar-refractivity contribution is 6.07. The number of benzene rings is 2. The summed E-state index contributed by atoms with van der Waals surface area (Å²) in [7, 11) is 3.21. The number of rotatable bonds is 6. The number of hydrogen-bond acceptors (Lipinski definition) is 6. The predicted molar refractivity (Wildman–Crippen MR) is 132 cm³/mol. The zero-order valence-electron chi connectivity index (χ0n) is 20.2. The van der Waals surface area contributed by atoms with Crippen LogP contribution in [0.1, 0.15) is 54.4 Å². The lowest BCUT2D eigenvalue weighted by Crippen LogP contribution is -2.26. The van der Waals surface area contributed by atoms with Gasteiger partial charge in [0.2, 0.25) is 0 Å². The molecule has 2 aromatic carbocycles. The van der Waals surface area contributed by atoms with Crippen molar-refractivity contribution >= 4 is 34.3 Å². The summed E-state index contributed by atoms with van der Waals surface area (Å²) in [6, 6.07) is 13.3. The van der Waals surface area contributed by atoms with Gasteiger partial charge in [-0.2, -0.15) is 0 Å². The van der Waals surface area contributed by atoms with E-state index < -0.39 is 11.4 Å². The van der Waals surface area contributed by atoms with E-state index in [9.17, 15) is 9.59 Å². The van der Waals surface area contributed by atoms with Gasteiger partial charge in [-0.15, -0.1) is 0 Å². The maximum atomic E-state index is 13.2. The number of ketones is 1. The fourth-order valence-electron chi connectivity index (χ4n) is 4.08. The van der Waals surface area contributed by atoms with Crippen molar-refractivity contribution in [3.05, 3.63) is 64.8 Å². The average Bonchev–Trinajstić information content (AvgIpc) is 3.21. The summed E-state index contributed by atoms with van der Waals surface area (Å²) in [5.74, 6) is 0.703. The lowest BCUT2D eigenvalue weighted by Gasteiger charge is -2.17. The van der Waals surface area contributed by atoms with Gasteiger partial charge in [0.05, 0.1) is 31.0 Å². The molecule has 0 amide bonds. The first-order valence-electron chi connectivity index (χ1n) is 11.3. The molecule has 34 heavy (non-hydrogen) atoms. The Morgan fingerprint density at radius 2 is 1.74 bits per heavy atom. The summed E-state index contributed by atoms with van der Waals surface area (Å²) in [5, 5.41) is 0.738. The summed E-state index contributed by atoms with van der Waals surface area (Å²) >= 11 is 0. The molecule has 1 aliphatic rings. The van der Waals surface area contributed by atoms with Gasteiger partial charge in [0, 0.05) is 10.8 Å². The first kappa shape index (κ1) is 23.5. The second kappa shape index (κ2) is 9.29. The van der Waals surface area contributed by atoms with Crippen molar-refractivity contribution in [2.45, 2.75) is 33.6 Å². The number of fused-ring (bicyclic) bond motifs is 2. The summed E-state index contributed by atoms with van der Waals surface area (Å²) in [5.41, 5.74) is 4.29. The second-order valence-electron chi connectivity index (χ2n) is 9.36. The SMILES string of the molecule is COc1ccc(C=C2CCc3c2nc2ccccc2c3C(=O)OCC(=O)C(C)(C)C)cc1OC. The van der Waals surface area contributed by atoms with Crippen LogP contribution in [0.25, 0.3) is 22.6 Å². The third kappa shape index (κ3) is 4.53. The van der Waals surface area contributed by atoms with E-state index in [1.54, 1.807) is 14.2 Å². The van der Waals surface area contributed by atoms with Gasteiger partial charge in [0.1, 0.15) is 0 Å². The van der Waals surface area contributed by atoms with Crippen molar-refractivity contribution < 1.29 is 23.8 Å². The average molecular weight is 460 g/mol. The molecule has 0 fully saturated rings. The fourth-order valence-corrected chi connectivity index (χ4v) is 4.08. The van der Waals surface area contributed by atoms with E-state index in [1.165, 1.54) is 0 Å². The molecule has 176 valence electrons. The Bertz CT molecular complexity index is 1300. The van der Waals surface area contributed by atoms with Gasteiger partial charge in [-0.25, -0.2) is 9.78 Å². The number of methoxy groups -OCH3 is 2. The highest BCUT2D eigenvalue weighted by Gasteiger charge is 2.29. The minimum atomic E-state index is -0.572. The molecule has 1 heterocycles. The first-order chi connectivity index (χ1) is 16.2. The molecule has 0 spiro atoms. The number of carbonyl (C=O) groups is 2. The number of pyridine rings is 1. The Morgan fingerprint density at radius 1 is 1.00 bits per heavy atom. The summed E-state index contributed by atoms with van der Waals surface area (Å²) in [4.78, 5) is 30.4. The third-order valence-corrected chi connectivity index (χ3v) is 6.07. The molecule has 0 saturated carbocycles. The van der Waals surface area contributed by atoms with Crippen LogP contribution in [0.3, 0.4) is 0 Å². The molecular weight excluding hydrogens is 430 g/mol. The van der Waals surface area contributed by atoms with Crippen LogP contribution in [0.5, 0.6) is 11.5 Å². The number of ether oxygens (including phenoxy) is 3. The summed E-state index contributed by atoms with van der Waals surface area (Å²) in [6.07, 6.45) is 3.48. The first-order valence-corrected chi connectivity index (χ1v) is 11.3. The van der Waals surface area contributed by atoms with Gasteiger partial charge >= 0.3 is 5.97 Å². The molecule has 0 unspecified atom stereocenters. The van der Waals surface area contributed by atoms with Crippen LogP contribution in [0.2, 0.25) is 0 Å². The topological polar surface area (TPSA) is 74.7 Å². The van der Waals surface area contributed by atoms with Crippen LogP contribution in [-0.2, 0) is 16.0 Å². The molecule has 1 aliphatic carbocycles. The molecule has 3 aromatic rings.